The van der Waals surface area contributed by atoms with E-state index in [2.05, 4.69) is 6.92 Å². The second-order valence-electron chi connectivity index (χ2n) is 5.37. The molecule has 100 valence electrons. The van der Waals surface area contributed by atoms with Crippen LogP contribution < -0.4 is 0 Å². The van der Waals surface area contributed by atoms with Crippen molar-refractivity contribution in [1.29, 1.82) is 0 Å². The summed E-state index contributed by atoms with van der Waals surface area (Å²) >= 11 is 5.67. The second-order valence-corrected chi connectivity index (χ2v) is 5.77. The first-order chi connectivity index (χ1) is 8.60. The zero-order valence-electron chi connectivity index (χ0n) is 10.7. The van der Waals surface area contributed by atoms with Crippen molar-refractivity contribution in [3.8, 4) is 0 Å². The first-order valence-electron chi connectivity index (χ1n) is 6.72. The third-order valence-electron chi connectivity index (χ3n) is 4.11. The van der Waals surface area contributed by atoms with Crippen molar-refractivity contribution in [3.05, 3.63) is 34.6 Å². The van der Waals surface area contributed by atoms with Gasteiger partial charge in [-0.1, -0.05) is 31.0 Å². The van der Waals surface area contributed by atoms with Crippen molar-refractivity contribution in [2.24, 2.45) is 11.8 Å². The smallest absolute Gasteiger partial charge is 0.142 e. The second kappa shape index (κ2) is 6.03. The van der Waals surface area contributed by atoms with Crippen LogP contribution in [-0.4, -0.2) is 11.2 Å². The van der Waals surface area contributed by atoms with Gasteiger partial charge in [0.2, 0.25) is 0 Å². The number of hydrogen-bond donors (Lipinski definition) is 1. The van der Waals surface area contributed by atoms with Gasteiger partial charge in [-0.2, -0.15) is 0 Å². The number of hydrogen-bond acceptors (Lipinski definition) is 1. The molecule has 0 spiro atoms. The minimum absolute atomic E-state index is 0.161. The first-order valence-corrected chi connectivity index (χ1v) is 7.10. The molecule has 0 aromatic heterocycles. The Morgan fingerprint density at radius 3 is 2.83 bits per heavy atom. The van der Waals surface area contributed by atoms with Gasteiger partial charge in [-0.3, -0.25) is 0 Å². The number of aliphatic hydroxyl groups is 1. The van der Waals surface area contributed by atoms with E-state index in [1.165, 1.54) is 6.07 Å². The largest absolute Gasteiger partial charge is 0.393 e. The summed E-state index contributed by atoms with van der Waals surface area (Å²) in [5.41, 5.74) is 0.928. The molecule has 0 aliphatic heterocycles. The van der Waals surface area contributed by atoms with E-state index in [1.807, 2.05) is 6.07 Å². The molecule has 0 bridgehead atoms. The Hall–Kier alpha value is -0.600. The van der Waals surface area contributed by atoms with Crippen molar-refractivity contribution in [2.45, 2.75) is 45.1 Å². The SMILES string of the molecule is CCC1CCC(O)C(Cc2ccc(Cl)c(F)c2)C1. The maximum Gasteiger partial charge on any atom is 0.142 e. The molecule has 1 N–H and O–H groups in total. The molecule has 1 aromatic rings. The standard InChI is InChI=1S/C15H20ClFO/c1-2-10-4-6-15(18)12(7-10)8-11-3-5-13(16)14(17)9-11/h3,5,9-10,12,15,18H,2,4,6-8H2,1H3. The van der Waals surface area contributed by atoms with Gasteiger partial charge in [0, 0.05) is 0 Å². The Bertz CT molecular complexity index is 407. The molecule has 1 saturated carbocycles. The van der Waals surface area contributed by atoms with Crippen LogP contribution in [0.4, 0.5) is 4.39 Å². The highest BCUT2D eigenvalue weighted by atomic mass is 35.5. The summed E-state index contributed by atoms with van der Waals surface area (Å²) in [5.74, 6) is 0.589. The molecule has 0 saturated heterocycles. The average molecular weight is 271 g/mol. The van der Waals surface area contributed by atoms with Crippen LogP contribution in [0.15, 0.2) is 18.2 Å². The molecule has 1 aliphatic carbocycles. The van der Waals surface area contributed by atoms with E-state index in [9.17, 15) is 9.50 Å². The lowest BCUT2D eigenvalue weighted by atomic mass is 9.76. The average Bonchev–Trinajstić information content (AvgIpc) is 2.36. The molecule has 1 aromatic carbocycles. The highest BCUT2D eigenvalue weighted by Crippen LogP contribution is 2.33. The summed E-state index contributed by atoms with van der Waals surface area (Å²) < 4.78 is 13.4. The predicted molar refractivity (Wildman–Crippen MR) is 72.2 cm³/mol. The fourth-order valence-corrected chi connectivity index (χ4v) is 3.02. The van der Waals surface area contributed by atoms with E-state index >= 15 is 0 Å². The Balaban J connectivity index is 2.04. The summed E-state index contributed by atoms with van der Waals surface area (Å²) in [6, 6.07) is 4.94. The molecule has 2 rings (SSSR count). The molecule has 3 heteroatoms. The van der Waals surface area contributed by atoms with E-state index < -0.39 is 0 Å². The number of aliphatic hydroxyl groups excluding tert-OH is 1. The summed E-state index contributed by atoms with van der Waals surface area (Å²) in [5, 5.41) is 10.2. The Morgan fingerprint density at radius 1 is 1.39 bits per heavy atom. The molecule has 3 unspecified atom stereocenters. The van der Waals surface area contributed by atoms with Crippen LogP contribution in [0.1, 0.15) is 38.2 Å². The Labute approximate surface area is 113 Å². The lowest BCUT2D eigenvalue weighted by Crippen LogP contribution is -2.30. The molecule has 0 amide bonds. The van der Waals surface area contributed by atoms with E-state index in [1.54, 1.807) is 6.07 Å². The minimum atomic E-state index is -0.369. The molecule has 0 radical (unpaired) electrons. The van der Waals surface area contributed by atoms with Crippen molar-refractivity contribution >= 4 is 11.6 Å². The van der Waals surface area contributed by atoms with Gasteiger partial charge >= 0.3 is 0 Å². The topological polar surface area (TPSA) is 20.2 Å². The van der Waals surface area contributed by atoms with Crippen molar-refractivity contribution < 1.29 is 9.50 Å². The van der Waals surface area contributed by atoms with Crippen LogP contribution in [0.5, 0.6) is 0 Å². The van der Waals surface area contributed by atoms with Crippen molar-refractivity contribution in [3.63, 3.8) is 0 Å². The highest BCUT2D eigenvalue weighted by molar-refractivity contribution is 6.30. The van der Waals surface area contributed by atoms with E-state index in [0.717, 1.165) is 37.7 Å². The molecule has 3 atom stereocenters. The third kappa shape index (κ3) is 3.24. The summed E-state index contributed by atoms with van der Waals surface area (Å²) in [7, 11) is 0. The van der Waals surface area contributed by atoms with Crippen LogP contribution in [-0.2, 0) is 6.42 Å². The van der Waals surface area contributed by atoms with Gasteiger partial charge < -0.3 is 5.11 Å². The van der Waals surface area contributed by atoms with Crippen LogP contribution >= 0.6 is 11.6 Å². The summed E-state index contributed by atoms with van der Waals surface area (Å²) in [6.45, 7) is 2.20. The van der Waals surface area contributed by atoms with Crippen LogP contribution in [0.3, 0.4) is 0 Å². The summed E-state index contributed by atoms with van der Waals surface area (Å²) in [6.07, 6.45) is 4.69. The molecule has 0 heterocycles. The van der Waals surface area contributed by atoms with Crippen LogP contribution in [0, 0.1) is 17.7 Å². The van der Waals surface area contributed by atoms with Gasteiger partial charge in [0.15, 0.2) is 0 Å². The Morgan fingerprint density at radius 2 is 2.17 bits per heavy atom. The third-order valence-corrected chi connectivity index (χ3v) is 4.42. The Kier molecular flexibility index (Phi) is 4.63. The van der Waals surface area contributed by atoms with E-state index in [-0.39, 0.29) is 22.9 Å². The quantitative estimate of drug-likeness (QED) is 0.872. The van der Waals surface area contributed by atoms with Gasteiger partial charge in [0.25, 0.3) is 0 Å². The van der Waals surface area contributed by atoms with Crippen LogP contribution in [0.25, 0.3) is 0 Å². The first kappa shape index (κ1) is 13.8. The fraction of sp³-hybridized carbons (Fsp3) is 0.600. The predicted octanol–water partition coefficient (Wildman–Crippen LogP) is 4.21. The lowest BCUT2D eigenvalue weighted by molar-refractivity contribution is 0.0474. The normalized spacial score (nSPS) is 28.3. The lowest BCUT2D eigenvalue weighted by Gasteiger charge is -2.33. The van der Waals surface area contributed by atoms with Gasteiger partial charge in [0.1, 0.15) is 5.82 Å². The summed E-state index contributed by atoms with van der Waals surface area (Å²) in [4.78, 5) is 0. The number of halogens is 2. The maximum absolute atomic E-state index is 13.4. The maximum atomic E-state index is 13.4. The molecular weight excluding hydrogens is 251 g/mol. The monoisotopic (exact) mass is 270 g/mol. The van der Waals surface area contributed by atoms with E-state index in [4.69, 9.17) is 11.6 Å². The van der Waals surface area contributed by atoms with Gasteiger partial charge in [0.05, 0.1) is 11.1 Å². The number of rotatable bonds is 3. The molecule has 1 aliphatic rings. The van der Waals surface area contributed by atoms with Gasteiger partial charge in [-0.05, 0) is 55.2 Å². The zero-order chi connectivity index (χ0) is 13.1. The number of benzene rings is 1. The minimum Gasteiger partial charge on any atom is -0.393 e. The van der Waals surface area contributed by atoms with E-state index in [0.29, 0.717) is 5.92 Å². The zero-order valence-corrected chi connectivity index (χ0v) is 11.5. The fourth-order valence-electron chi connectivity index (χ4n) is 2.90. The van der Waals surface area contributed by atoms with Gasteiger partial charge in [-0.15, -0.1) is 0 Å². The molecule has 1 nitrogen and oxygen atoms in total. The van der Waals surface area contributed by atoms with Crippen molar-refractivity contribution in [1.82, 2.24) is 0 Å². The van der Waals surface area contributed by atoms with Crippen LogP contribution in [0.2, 0.25) is 5.02 Å². The molecular formula is C15H20ClFO. The van der Waals surface area contributed by atoms with Gasteiger partial charge in [-0.25, -0.2) is 4.39 Å². The molecule has 18 heavy (non-hydrogen) atoms. The van der Waals surface area contributed by atoms with Crippen molar-refractivity contribution in [2.75, 3.05) is 0 Å². The highest BCUT2D eigenvalue weighted by Gasteiger charge is 2.28. The molecule has 1 fully saturated rings.